The van der Waals surface area contributed by atoms with Crippen LogP contribution in [0, 0.1) is 0 Å². The van der Waals surface area contributed by atoms with Crippen molar-refractivity contribution >= 4 is 45.4 Å². The van der Waals surface area contributed by atoms with Crippen LogP contribution in [-0.2, 0) is 29.5 Å². The van der Waals surface area contributed by atoms with Crippen LogP contribution in [0.2, 0.25) is 5.02 Å². The van der Waals surface area contributed by atoms with Crippen molar-refractivity contribution in [3.63, 3.8) is 0 Å². The van der Waals surface area contributed by atoms with E-state index in [0.717, 1.165) is 16.5 Å². The molecule has 0 radical (unpaired) electrons. The van der Waals surface area contributed by atoms with Gasteiger partial charge in [-0.1, -0.05) is 40.2 Å². The van der Waals surface area contributed by atoms with Gasteiger partial charge in [-0.05, 0) is 31.4 Å². The zero-order valence-corrected chi connectivity index (χ0v) is 15.6. The van der Waals surface area contributed by atoms with Crippen molar-refractivity contribution in [2.45, 2.75) is 31.3 Å². The minimum atomic E-state index is -1.29. The van der Waals surface area contributed by atoms with Crippen LogP contribution in [0.1, 0.15) is 31.2 Å². The molecule has 1 N–H and O–H groups in total. The number of rotatable bonds is 7. The van der Waals surface area contributed by atoms with Crippen molar-refractivity contribution in [3.8, 4) is 0 Å². The van der Waals surface area contributed by atoms with Crippen LogP contribution in [0.3, 0.4) is 0 Å². The highest BCUT2D eigenvalue weighted by Gasteiger charge is 2.44. The van der Waals surface area contributed by atoms with E-state index in [1.807, 2.05) is 6.07 Å². The van der Waals surface area contributed by atoms with Gasteiger partial charge in [-0.3, -0.25) is 4.79 Å². The second-order valence-corrected chi connectivity index (χ2v) is 7.02. The number of esters is 2. The summed E-state index contributed by atoms with van der Waals surface area (Å²) >= 11 is 9.60. The first-order valence-corrected chi connectivity index (χ1v) is 8.65. The Hall–Kier alpha value is -1.86. The van der Waals surface area contributed by atoms with E-state index in [0.29, 0.717) is 17.9 Å². The molecule has 1 aliphatic carbocycles. The number of carboxylic acid groups (broad SMARTS) is 1. The van der Waals surface area contributed by atoms with E-state index in [1.54, 1.807) is 12.1 Å². The molecule has 0 aromatic heterocycles. The normalized spacial score (nSPS) is 15.0. The molecule has 0 heterocycles. The lowest BCUT2D eigenvalue weighted by Crippen LogP contribution is -2.39. The molecule has 0 aliphatic heterocycles. The van der Waals surface area contributed by atoms with Crippen molar-refractivity contribution in [2.24, 2.45) is 0 Å². The summed E-state index contributed by atoms with van der Waals surface area (Å²) in [6, 6.07) is 5.35. The first-order valence-electron chi connectivity index (χ1n) is 7.47. The number of hydrogen-bond acceptors (Lipinski definition) is 5. The van der Waals surface area contributed by atoms with Crippen LogP contribution in [0.5, 0.6) is 0 Å². The van der Waals surface area contributed by atoms with E-state index in [2.05, 4.69) is 27.2 Å². The molecule has 1 aromatic rings. The molecule has 6 nitrogen and oxygen atoms in total. The zero-order valence-electron chi connectivity index (χ0n) is 13.2. The highest BCUT2D eigenvalue weighted by atomic mass is 79.9. The maximum Gasteiger partial charge on any atom is 0.341 e. The number of ether oxygens (including phenoxy) is 2. The SMILES string of the molecule is C=C(CC(=O)OC1(c2ccc(Br)cc2Cl)CCC1)C(=O)OCC(=O)O. The summed E-state index contributed by atoms with van der Waals surface area (Å²) in [6.45, 7) is 2.66. The Bertz CT molecular complexity index is 726. The summed E-state index contributed by atoms with van der Waals surface area (Å²) in [5, 5.41) is 8.96. The van der Waals surface area contributed by atoms with Gasteiger partial charge in [0, 0.05) is 20.6 Å². The Labute approximate surface area is 157 Å². The summed E-state index contributed by atoms with van der Waals surface area (Å²) in [5.74, 6) is -2.87. The third-order valence-electron chi connectivity index (χ3n) is 3.87. The Kier molecular flexibility index (Phi) is 6.24. The predicted octanol–water partition coefficient (Wildman–Crippen LogP) is 3.60. The maximum atomic E-state index is 12.2. The van der Waals surface area contributed by atoms with Gasteiger partial charge in [0.25, 0.3) is 0 Å². The van der Waals surface area contributed by atoms with Crippen molar-refractivity contribution in [1.29, 1.82) is 0 Å². The predicted molar refractivity (Wildman–Crippen MR) is 93.1 cm³/mol. The van der Waals surface area contributed by atoms with E-state index in [9.17, 15) is 14.4 Å². The van der Waals surface area contributed by atoms with E-state index >= 15 is 0 Å². The Morgan fingerprint density at radius 3 is 2.52 bits per heavy atom. The topological polar surface area (TPSA) is 89.9 Å². The van der Waals surface area contributed by atoms with Crippen molar-refractivity contribution in [2.75, 3.05) is 6.61 Å². The molecule has 0 amide bonds. The smallest absolute Gasteiger partial charge is 0.341 e. The zero-order chi connectivity index (χ0) is 18.6. The van der Waals surface area contributed by atoms with Gasteiger partial charge in [0.2, 0.25) is 0 Å². The Morgan fingerprint density at radius 1 is 1.32 bits per heavy atom. The van der Waals surface area contributed by atoms with Gasteiger partial charge in [0.15, 0.2) is 6.61 Å². The molecule has 2 rings (SSSR count). The number of carbonyl (C=O) groups is 3. The summed E-state index contributed by atoms with van der Waals surface area (Å²) in [4.78, 5) is 34.2. The number of aliphatic carboxylic acids is 1. The summed E-state index contributed by atoms with van der Waals surface area (Å²) in [7, 11) is 0. The summed E-state index contributed by atoms with van der Waals surface area (Å²) in [5.41, 5.74) is -0.251. The van der Waals surface area contributed by atoms with Crippen LogP contribution in [0.15, 0.2) is 34.8 Å². The van der Waals surface area contributed by atoms with Crippen molar-refractivity contribution in [1.82, 2.24) is 0 Å². The molecule has 0 saturated heterocycles. The molecule has 0 atom stereocenters. The van der Waals surface area contributed by atoms with E-state index in [1.165, 1.54) is 0 Å². The molecule has 1 aromatic carbocycles. The van der Waals surface area contributed by atoms with Crippen LogP contribution in [-0.4, -0.2) is 29.6 Å². The number of halogens is 2. The molecule has 1 aliphatic rings. The van der Waals surface area contributed by atoms with Crippen molar-refractivity contribution < 1.29 is 29.0 Å². The molecular weight excluding hydrogens is 416 g/mol. The van der Waals surface area contributed by atoms with Crippen molar-refractivity contribution in [3.05, 3.63) is 45.4 Å². The third kappa shape index (κ3) is 4.83. The van der Waals surface area contributed by atoms with Crippen LogP contribution < -0.4 is 0 Å². The Morgan fingerprint density at radius 2 is 2.00 bits per heavy atom. The lowest BCUT2D eigenvalue weighted by molar-refractivity contribution is -0.171. The average Bonchev–Trinajstić information content (AvgIpc) is 2.49. The van der Waals surface area contributed by atoms with Crippen LogP contribution in [0.25, 0.3) is 0 Å². The summed E-state index contributed by atoms with van der Waals surface area (Å²) in [6.07, 6.45) is 1.78. The number of carboxylic acids is 1. The molecule has 1 saturated carbocycles. The standard InChI is InChI=1S/C17H16BrClO6/c1-10(16(23)24-9-14(20)21)7-15(22)25-17(5-2-6-17)12-4-3-11(18)8-13(12)19/h3-4,8H,1-2,5-7,9H2,(H,20,21). The molecule has 134 valence electrons. The molecule has 0 spiro atoms. The number of hydrogen-bond donors (Lipinski definition) is 1. The molecule has 0 unspecified atom stereocenters. The van der Waals surface area contributed by atoms with Gasteiger partial charge in [0.05, 0.1) is 6.42 Å². The molecule has 0 bridgehead atoms. The van der Waals surface area contributed by atoms with Gasteiger partial charge in [-0.2, -0.15) is 0 Å². The second kappa shape index (κ2) is 8.01. The van der Waals surface area contributed by atoms with E-state index in [4.69, 9.17) is 21.4 Å². The lowest BCUT2D eigenvalue weighted by atomic mass is 9.74. The van der Waals surface area contributed by atoms with Gasteiger partial charge in [-0.25, -0.2) is 9.59 Å². The molecule has 25 heavy (non-hydrogen) atoms. The average molecular weight is 432 g/mol. The fourth-order valence-electron chi connectivity index (χ4n) is 2.51. The largest absolute Gasteiger partial charge is 0.479 e. The Balaban J connectivity index is 2.01. The van der Waals surface area contributed by atoms with Gasteiger partial charge in [0.1, 0.15) is 5.60 Å². The van der Waals surface area contributed by atoms with Crippen LogP contribution in [0.4, 0.5) is 0 Å². The highest BCUT2D eigenvalue weighted by Crippen LogP contribution is 2.48. The summed E-state index contributed by atoms with van der Waals surface area (Å²) < 4.78 is 10.9. The highest BCUT2D eigenvalue weighted by molar-refractivity contribution is 9.10. The minimum absolute atomic E-state index is 0.164. The minimum Gasteiger partial charge on any atom is -0.479 e. The molecule has 1 fully saturated rings. The van der Waals surface area contributed by atoms with Gasteiger partial charge in [-0.15, -0.1) is 0 Å². The van der Waals surface area contributed by atoms with Gasteiger partial charge >= 0.3 is 17.9 Å². The fourth-order valence-corrected chi connectivity index (χ4v) is 3.36. The quantitative estimate of drug-likeness (QED) is 0.524. The molecule has 8 heteroatoms. The third-order valence-corrected chi connectivity index (χ3v) is 4.67. The van der Waals surface area contributed by atoms with Gasteiger partial charge < -0.3 is 14.6 Å². The van der Waals surface area contributed by atoms with E-state index in [-0.39, 0.29) is 12.0 Å². The lowest BCUT2D eigenvalue weighted by Gasteiger charge is -2.42. The number of benzene rings is 1. The maximum absolute atomic E-state index is 12.2. The monoisotopic (exact) mass is 430 g/mol. The van der Waals surface area contributed by atoms with E-state index < -0.39 is 30.1 Å². The fraction of sp³-hybridized carbons (Fsp3) is 0.353. The number of carbonyl (C=O) groups excluding carboxylic acids is 2. The first kappa shape index (κ1) is 19.5. The molecular formula is C17H16BrClO6. The second-order valence-electron chi connectivity index (χ2n) is 5.70. The van der Waals surface area contributed by atoms with Crippen LogP contribution >= 0.6 is 27.5 Å². The first-order chi connectivity index (χ1) is 11.7.